The zero-order valence-corrected chi connectivity index (χ0v) is 11.2. The van der Waals surface area contributed by atoms with Gasteiger partial charge in [0.2, 0.25) is 0 Å². The van der Waals surface area contributed by atoms with Crippen molar-refractivity contribution in [3.63, 3.8) is 0 Å². The molecule has 1 saturated heterocycles. The molecule has 1 saturated carbocycles. The molecule has 2 fully saturated rings. The van der Waals surface area contributed by atoms with Gasteiger partial charge in [0.05, 0.1) is 0 Å². The molecule has 1 heterocycles. The van der Waals surface area contributed by atoms with E-state index in [1.54, 1.807) is 0 Å². The van der Waals surface area contributed by atoms with Crippen molar-refractivity contribution in [1.82, 2.24) is 8.61 Å². The first kappa shape index (κ1) is 13.8. The van der Waals surface area contributed by atoms with Gasteiger partial charge < -0.3 is 5.11 Å². The molecule has 0 unspecified atom stereocenters. The number of carbonyl (C=O) groups is 1. The van der Waals surface area contributed by atoms with Crippen LogP contribution in [0.5, 0.6) is 0 Å². The van der Waals surface area contributed by atoms with Gasteiger partial charge in [0.1, 0.15) is 6.54 Å². The lowest BCUT2D eigenvalue weighted by molar-refractivity contribution is -0.137. The van der Waals surface area contributed by atoms with Crippen LogP contribution < -0.4 is 0 Å². The molecule has 6 nitrogen and oxygen atoms in total. The van der Waals surface area contributed by atoms with Gasteiger partial charge in [-0.3, -0.25) is 4.79 Å². The molecule has 104 valence electrons. The van der Waals surface area contributed by atoms with Gasteiger partial charge in [0, 0.05) is 19.1 Å². The molecule has 0 atom stereocenters. The summed E-state index contributed by atoms with van der Waals surface area (Å²) in [6.45, 7) is 0.625. The van der Waals surface area contributed by atoms with E-state index < -0.39 is 22.7 Å². The van der Waals surface area contributed by atoms with E-state index in [0.29, 0.717) is 13.1 Å². The summed E-state index contributed by atoms with van der Waals surface area (Å²) in [4.78, 5) is 10.9. The first-order chi connectivity index (χ1) is 8.51. The fourth-order valence-electron chi connectivity index (χ4n) is 2.79. The normalized spacial score (nSPS) is 22.9. The summed E-state index contributed by atoms with van der Waals surface area (Å²) in [7, 11) is -3.59. The number of carboxylic acids is 1. The highest BCUT2D eigenvalue weighted by Gasteiger charge is 2.38. The molecule has 7 heteroatoms. The topological polar surface area (TPSA) is 77.9 Å². The highest BCUT2D eigenvalue weighted by molar-refractivity contribution is 7.86. The Labute approximate surface area is 108 Å². The molecule has 1 N–H and O–H groups in total. The fraction of sp³-hybridized carbons (Fsp3) is 0.909. The highest BCUT2D eigenvalue weighted by atomic mass is 32.2. The molecule has 2 rings (SSSR count). The Morgan fingerprint density at radius 2 is 1.72 bits per heavy atom. The molecule has 0 bridgehead atoms. The Bertz CT molecular complexity index is 397. The largest absolute Gasteiger partial charge is 0.480 e. The quantitative estimate of drug-likeness (QED) is 0.800. The zero-order valence-electron chi connectivity index (χ0n) is 10.4. The van der Waals surface area contributed by atoms with Crippen LogP contribution in [0, 0.1) is 0 Å². The zero-order chi connectivity index (χ0) is 13.2. The number of rotatable bonds is 5. The highest BCUT2D eigenvalue weighted by Crippen LogP contribution is 2.28. The lowest BCUT2D eigenvalue weighted by Crippen LogP contribution is -2.49. The van der Waals surface area contributed by atoms with E-state index in [9.17, 15) is 13.2 Å². The molecule has 0 aromatic rings. The maximum absolute atomic E-state index is 12.4. The third kappa shape index (κ3) is 2.84. The fourth-order valence-corrected chi connectivity index (χ4v) is 4.67. The Balaban J connectivity index is 2.18. The second-order valence-corrected chi connectivity index (χ2v) is 6.87. The van der Waals surface area contributed by atoms with Gasteiger partial charge in [-0.15, -0.1) is 0 Å². The van der Waals surface area contributed by atoms with Crippen molar-refractivity contribution in [2.45, 2.75) is 44.6 Å². The van der Waals surface area contributed by atoms with Gasteiger partial charge in [-0.2, -0.15) is 17.0 Å². The van der Waals surface area contributed by atoms with E-state index in [0.717, 1.165) is 38.5 Å². The molecule has 18 heavy (non-hydrogen) atoms. The Hall–Kier alpha value is -0.660. The van der Waals surface area contributed by atoms with Crippen LogP contribution >= 0.6 is 0 Å². The third-order valence-corrected chi connectivity index (χ3v) is 5.75. The predicted molar refractivity (Wildman–Crippen MR) is 66.3 cm³/mol. The molecule has 0 amide bonds. The SMILES string of the molecule is O=C(O)CN(C1CCCC1)S(=O)(=O)N1CCCC1. The molecule has 1 aliphatic carbocycles. The van der Waals surface area contributed by atoms with Crippen molar-refractivity contribution >= 4 is 16.2 Å². The van der Waals surface area contributed by atoms with Crippen molar-refractivity contribution in [2.75, 3.05) is 19.6 Å². The predicted octanol–water partition coefficient (Wildman–Crippen LogP) is 0.656. The summed E-state index contributed by atoms with van der Waals surface area (Å²) in [5.74, 6) is -1.08. The van der Waals surface area contributed by atoms with Gasteiger partial charge in [0.15, 0.2) is 0 Å². The Morgan fingerprint density at radius 3 is 2.22 bits per heavy atom. The second kappa shape index (κ2) is 5.54. The van der Waals surface area contributed by atoms with Crippen molar-refractivity contribution in [3.05, 3.63) is 0 Å². The standard InChI is InChI=1S/C11H20N2O4S/c14-11(15)9-13(10-5-1-2-6-10)18(16,17)12-7-3-4-8-12/h10H,1-9H2,(H,14,15). The van der Waals surface area contributed by atoms with E-state index in [2.05, 4.69) is 0 Å². The van der Waals surface area contributed by atoms with Crippen LogP contribution in [0.3, 0.4) is 0 Å². The van der Waals surface area contributed by atoms with Crippen molar-refractivity contribution < 1.29 is 18.3 Å². The molecule has 0 aromatic heterocycles. The number of hydrogen-bond donors (Lipinski definition) is 1. The minimum atomic E-state index is -3.59. The summed E-state index contributed by atoms with van der Waals surface area (Å²) < 4.78 is 27.5. The van der Waals surface area contributed by atoms with E-state index >= 15 is 0 Å². The molecule has 0 spiro atoms. The lowest BCUT2D eigenvalue weighted by atomic mass is 10.2. The molecule has 0 aromatic carbocycles. The first-order valence-corrected chi connectivity index (χ1v) is 7.90. The van der Waals surface area contributed by atoms with E-state index in [-0.39, 0.29) is 6.04 Å². The summed E-state index contributed by atoms with van der Waals surface area (Å²) in [5, 5.41) is 8.93. The summed E-state index contributed by atoms with van der Waals surface area (Å²) >= 11 is 0. The minimum absolute atomic E-state index is 0.133. The van der Waals surface area contributed by atoms with Gasteiger partial charge in [0.25, 0.3) is 10.2 Å². The third-order valence-electron chi connectivity index (χ3n) is 3.71. The number of hydrogen-bond acceptors (Lipinski definition) is 3. The molecule has 0 radical (unpaired) electrons. The molecule has 1 aliphatic heterocycles. The van der Waals surface area contributed by atoms with Crippen LogP contribution in [0.4, 0.5) is 0 Å². The van der Waals surface area contributed by atoms with Gasteiger partial charge >= 0.3 is 5.97 Å². The number of aliphatic carboxylic acids is 1. The molecular weight excluding hydrogens is 256 g/mol. The smallest absolute Gasteiger partial charge is 0.318 e. The number of nitrogens with zero attached hydrogens (tertiary/aromatic N) is 2. The molecule has 2 aliphatic rings. The van der Waals surface area contributed by atoms with Gasteiger partial charge in [-0.1, -0.05) is 12.8 Å². The van der Waals surface area contributed by atoms with Crippen LogP contribution in [0.15, 0.2) is 0 Å². The number of carboxylic acid groups (broad SMARTS) is 1. The Kier molecular flexibility index (Phi) is 4.24. The van der Waals surface area contributed by atoms with Crippen LogP contribution in [0.2, 0.25) is 0 Å². The summed E-state index contributed by atoms with van der Waals surface area (Å²) in [6.07, 6.45) is 5.25. The van der Waals surface area contributed by atoms with Crippen LogP contribution in [0.25, 0.3) is 0 Å². The molecular formula is C11H20N2O4S. The van der Waals surface area contributed by atoms with Crippen molar-refractivity contribution in [2.24, 2.45) is 0 Å². The second-order valence-electron chi connectivity index (χ2n) is 4.99. The lowest BCUT2D eigenvalue weighted by Gasteiger charge is -2.30. The van der Waals surface area contributed by atoms with Crippen LogP contribution in [-0.4, -0.2) is 53.8 Å². The van der Waals surface area contributed by atoms with Crippen LogP contribution in [-0.2, 0) is 15.0 Å². The van der Waals surface area contributed by atoms with Crippen molar-refractivity contribution in [1.29, 1.82) is 0 Å². The Morgan fingerprint density at radius 1 is 1.17 bits per heavy atom. The van der Waals surface area contributed by atoms with E-state index in [1.165, 1.54) is 8.61 Å². The van der Waals surface area contributed by atoms with E-state index in [4.69, 9.17) is 5.11 Å². The van der Waals surface area contributed by atoms with Gasteiger partial charge in [-0.25, -0.2) is 0 Å². The summed E-state index contributed by atoms with van der Waals surface area (Å²) in [6, 6.07) is -0.133. The van der Waals surface area contributed by atoms with E-state index in [1.807, 2.05) is 0 Å². The van der Waals surface area contributed by atoms with Crippen molar-refractivity contribution in [3.8, 4) is 0 Å². The van der Waals surface area contributed by atoms with Crippen LogP contribution in [0.1, 0.15) is 38.5 Å². The average Bonchev–Trinajstić information content (AvgIpc) is 2.98. The minimum Gasteiger partial charge on any atom is -0.480 e. The first-order valence-electron chi connectivity index (χ1n) is 6.50. The summed E-state index contributed by atoms with van der Waals surface area (Å²) in [5.41, 5.74) is 0. The average molecular weight is 276 g/mol. The maximum Gasteiger partial charge on any atom is 0.318 e. The van der Waals surface area contributed by atoms with Gasteiger partial charge in [-0.05, 0) is 25.7 Å². The maximum atomic E-state index is 12.4. The monoisotopic (exact) mass is 276 g/mol.